The van der Waals surface area contributed by atoms with Crippen LogP contribution in [0.5, 0.6) is 0 Å². The fraction of sp³-hybridized carbons (Fsp3) is 0.688. The first-order valence-electron chi connectivity index (χ1n) is 8.24. The highest BCUT2D eigenvalue weighted by atomic mass is 16.5. The van der Waals surface area contributed by atoms with Crippen molar-refractivity contribution < 1.29 is 9.53 Å². The Kier molecular flexibility index (Phi) is 4.77. The van der Waals surface area contributed by atoms with Gasteiger partial charge in [-0.25, -0.2) is 4.68 Å². The van der Waals surface area contributed by atoms with Gasteiger partial charge in [-0.05, 0) is 25.8 Å². The summed E-state index contributed by atoms with van der Waals surface area (Å²) in [6.07, 6.45) is 2.24. The molecule has 3 rings (SSSR count). The Hall–Kier alpha value is -1.73. The Morgan fingerprint density at radius 3 is 2.65 bits per heavy atom. The van der Waals surface area contributed by atoms with Crippen LogP contribution in [-0.2, 0) is 11.8 Å². The van der Waals surface area contributed by atoms with E-state index in [9.17, 15) is 9.59 Å². The molecule has 2 aliphatic heterocycles. The number of carbonyl (C=O) groups excluding carboxylic acids is 1. The van der Waals surface area contributed by atoms with Gasteiger partial charge in [0, 0.05) is 45.3 Å². The topological polar surface area (TPSA) is 67.7 Å². The van der Waals surface area contributed by atoms with Crippen LogP contribution in [0.15, 0.2) is 16.9 Å². The summed E-state index contributed by atoms with van der Waals surface area (Å²) in [6.45, 7) is 6.32. The average Bonchev–Trinajstić information content (AvgIpc) is 2.57. The molecule has 126 valence electrons. The molecule has 1 atom stereocenters. The van der Waals surface area contributed by atoms with Gasteiger partial charge in [-0.15, -0.1) is 0 Å². The van der Waals surface area contributed by atoms with Crippen LogP contribution < -0.4 is 5.56 Å². The Morgan fingerprint density at radius 1 is 1.26 bits per heavy atom. The van der Waals surface area contributed by atoms with Crippen LogP contribution in [0.2, 0.25) is 0 Å². The Labute approximate surface area is 135 Å². The zero-order valence-corrected chi connectivity index (χ0v) is 13.8. The summed E-state index contributed by atoms with van der Waals surface area (Å²) in [5.74, 6) is -0.0885. The molecular weight excluding hydrogens is 296 g/mol. The van der Waals surface area contributed by atoms with Crippen molar-refractivity contribution in [1.29, 1.82) is 0 Å². The summed E-state index contributed by atoms with van der Waals surface area (Å²) in [6, 6.07) is 3.43. The molecule has 3 heterocycles. The molecule has 0 spiro atoms. The Bertz CT molecular complexity index is 622. The van der Waals surface area contributed by atoms with Crippen molar-refractivity contribution in [2.24, 2.45) is 7.05 Å². The van der Waals surface area contributed by atoms with E-state index in [2.05, 4.69) is 16.9 Å². The number of aryl methyl sites for hydroxylation is 1. The number of piperidine rings is 1. The van der Waals surface area contributed by atoms with E-state index in [4.69, 9.17) is 4.74 Å². The molecule has 7 heteroatoms. The lowest BCUT2D eigenvalue weighted by molar-refractivity contribution is -0.0424. The van der Waals surface area contributed by atoms with Gasteiger partial charge in [-0.2, -0.15) is 5.10 Å². The van der Waals surface area contributed by atoms with Crippen molar-refractivity contribution in [1.82, 2.24) is 19.6 Å². The maximum absolute atomic E-state index is 12.5. The second-order valence-corrected chi connectivity index (χ2v) is 6.38. The van der Waals surface area contributed by atoms with Crippen LogP contribution in [0.3, 0.4) is 0 Å². The third-order valence-electron chi connectivity index (χ3n) is 4.72. The number of carbonyl (C=O) groups is 1. The highest BCUT2D eigenvalue weighted by molar-refractivity contribution is 5.92. The summed E-state index contributed by atoms with van der Waals surface area (Å²) in [4.78, 5) is 28.2. The van der Waals surface area contributed by atoms with Gasteiger partial charge in [0.2, 0.25) is 0 Å². The van der Waals surface area contributed by atoms with Crippen molar-refractivity contribution in [3.8, 4) is 0 Å². The van der Waals surface area contributed by atoms with Crippen LogP contribution in [-0.4, -0.2) is 70.4 Å². The monoisotopic (exact) mass is 320 g/mol. The van der Waals surface area contributed by atoms with Crippen LogP contribution in [0.4, 0.5) is 0 Å². The summed E-state index contributed by atoms with van der Waals surface area (Å²) >= 11 is 0. The third-order valence-corrected chi connectivity index (χ3v) is 4.72. The minimum atomic E-state index is -0.207. The molecular formula is C16H24N4O3. The summed E-state index contributed by atoms with van der Waals surface area (Å²) in [5.41, 5.74) is 0.132. The maximum atomic E-state index is 12.5. The van der Waals surface area contributed by atoms with Crippen LogP contribution in [0.25, 0.3) is 0 Å². The van der Waals surface area contributed by atoms with E-state index in [0.717, 1.165) is 45.6 Å². The number of nitrogens with zero attached hydrogens (tertiary/aromatic N) is 4. The van der Waals surface area contributed by atoms with E-state index in [1.165, 1.54) is 16.8 Å². The minimum absolute atomic E-state index is 0.0885. The summed E-state index contributed by atoms with van der Waals surface area (Å²) < 4.78 is 6.80. The number of likely N-dealkylation sites (tertiary alicyclic amines) is 1. The number of aromatic nitrogens is 2. The molecule has 0 N–H and O–H groups in total. The molecule has 1 unspecified atom stereocenters. The first-order valence-corrected chi connectivity index (χ1v) is 8.24. The van der Waals surface area contributed by atoms with Crippen molar-refractivity contribution in [3.05, 3.63) is 28.2 Å². The quantitative estimate of drug-likeness (QED) is 0.773. The van der Waals surface area contributed by atoms with Crippen LogP contribution in [0.1, 0.15) is 30.3 Å². The van der Waals surface area contributed by atoms with Crippen molar-refractivity contribution in [2.75, 3.05) is 32.8 Å². The predicted molar refractivity (Wildman–Crippen MR) is 85.4 cm³/mol. The lowest BCUT2D eigenvalue weighted by Gasteiger charge is -2.41. The molecule has 0 aliphatic carbocycles. The van der Waals surface area contributed by atoms with Crippen LogP contribution >= 0.6 is 0 Å². The van der Waals surface area contributed by atoms with E-state index in [1.807, 2.05) is 4.90 Å². The van der Waals surface area contributed by atoms with Gasteiger partial charge in [0.1, 0.15) is 5.69 Å². The van der Waals surface area contributed by atoms with Gasteiger partial charge in [0.15, 0.2) is 0 Å². The first-order chi connectivity index (χ1) is 11.0. The van der Waals surface area contributed by atoms with Gasteiger partial charge in [0.25, 0.3) is 11.5 Å². The van der Waals surface area contributed by atoms with Gasteiger partial charge >= 0.3 is 0 Å². The highest BCUT2D eigenvalue weighted by Crippen LogP contribution is 2.20. The Morgan fingerprint density at radius 2 is 2.00 bits per heavy atom. The minimum Gasteiger partial charge on any atom is -0.376 e. The van der Waals surface area contributed by atoms with Gasteiger partial charge < -0.3 is 9.64 Å². The smallest absolute Gasteiger partial charge is 0.274 e. The molecule has 2 saturated heterocycles. The van der Waals surface area contributed by atoms with Crippen molar-refractivity contribution >= 4 is 5.91 Å². The maximum Gasteiger partial charge on any atom is 0.274 e. The normalized spacial score (nSPS) is 23.9. The number of amides is 1. The molecule has 0 saturated carbocycles. The van der Waals surface area contributed by atoms with Crippen molar-refractivity contribution in [2.45, 2.75) is 31.9 Å². The van der Waals surface area contributed by atoms with Gasteiger partial charge in [-0.3, -0.25) is 14.5 Å². The molecule has 0 bridgehead atoms. The lowest BCUT2D eigenvalue weighted by Crippen LogP contribution is -2.51. The number of hydrogen-bond acceptors (Lipinski definition) is 5. The molecule has 7 nitrogen and oxygen atoms in total. The van der Waals surface area contributed by atoms with E-state index in [0.29, 0.717) is 17.8 Å². The number of morpholine rings is 1. The molecule has 1 amide bonds. The zero-order chi connectivity index (χ0) is 16.4. The number of rotatable bonds is 2. The highest BCUT2D eigenvalue weighted by Gasteiger charge is 2.30. The number of hydrogen-bond donors (Lipinski definition) is 0. The molecule has 0 aromatic carbocycles. The molecule has 1 aromatic rings. The third kappa shape index (κ3) is 3.61. The van der Waals surface area contributed by atoms with Crippen LogP contribution in [0, 0.1) is 0 Å². The molecule has 0 radical (unpaired) electrons. The molecule has 2 aliphatic rings. The second kappa shape index (κ2) is 6.80. The second-order valence-electron chi connectivity index (χ2n) is 6.38. The summed E-state index contributed by atoms with van der Waals surface area (Å²) in [7, 11) is 1.56. The van der Waals surface area contributed by atoms with E-state index >= 15 is 0 Å². The van der Waals surface area contributed by atoms with Gasteiger partial charge in [0.05, 0.1) is 12.7 Å². The fourth-order valence-corrected chi connectivity index (χ4v) is 3.39. The number of ether oxygens (including phenoxy) is 1. The van der Waals surface area contributed by atoms with Crippen molar-refractivity contribution in [3.63, 3.8) is 0 Å². The Balaban J connectivity index is 1.58. The summed E-state index contributed by atoms with van der Waals surface area (Å²) in [5, 5.41) is 4.05. The predicted octanol–water partition coefficient (Wildman–Crippen LogP) is 0.106. The first kappa shape index (κ1) is 16.1. The lowest BCUT2D eigenvalue weighted by atomic mass is 10.0. The average molecular weight is 320 g/mol. The molecule has 1 aromatic heterocycles. The van der Waals surface area contributed by atoms with E-state index in [-0.39, 0.29) is 11.5 Å². The molecule has 23 heavy (non-hydrogen) atoms. The van der Waals surface area contributed by atoms with E-state index < -0.39 is 0 Å². The molecule has 2 fully saturated rings. The van der Waals surface area contributed by atoms with Gasteiger partial charge in [-0.1, -0.05) is 0 Å². The zero-order valence-electron chi connectivity index (χ0n) is 13.8. The largest absolute Gasteiger partial charge is 0.376 e. The SMILES string of the molecule is CC1CN(C2CCN(C(=O)c3ccc(=O)n(C)n3)CC2)CCO1. The van der Waals surface area contributed by atoms with E-state index in [1.54, 1.807) is 7.05 Å². The standard InChI is InChI=1S/C16H24N4O3/c1-12-11-20(9-10-23-12)13-5-7-19(8-6-13)16(22)14-3-4-15(21)18(2)17-14/h3-4,12-13H,5-11H2,1-2H3. The fourth-order valence-electron chi connectivity index (χ4n) is 3.39.